The van der Waals surface area contributed by atoms with Gasteiger partial charge in [0.1, 0.15) is 11.5 Å². The summed E-state index contributed by atoms with van der Waals surface area (Å²) < 4.78 is 10.2. The first-order valence-electron chi connectivity index (χ1n) is 18.4. The predicted molar refractivity (Wildman–Crippen MR) is 226 cm³/mol. The largest absolute Gasteiger partial charge is 0.657 e. The Morgan fingerprint density at radius 2 is 0.689 bits per heavy atom. The molecule has 2 N–H and O–H groups in total. The Bertz CT molecular complexity index is 2910. The van der Waals surface area contributed by atoms with Crippen LogP contribution in [0.15, 0.2) is 121 Å². The third-order valence-corrected chi connectivity index (χ3v) is 10.1. The molecule has 0 radical (unpaired) electrons. The van der Waals surface area contributed by atoms with Crippen LogP contribution in [-0.4, -0.2) is 45.1 Å². The maximum absolute atomic E-state index is 11.8. The van der Waals surface area contributed by atoms with Crippen molar-refractivity contribution in [2.75, 3.05) is 0 Å². The molecule has 2 aliphatic heterocycles. The summed E-state index contributed by atoms with van der Waals surface area (Å²) in [6, 6.07) is 34.5. The van der Waals surface area contributed by atoms with Crippen LogP contribution in [-0.2, 0) is 29.1 Å². The Kier molecular flexibility index (Phi) is 10.9. The molecule has 13 heteroatoms. The van der Waals surface area contributed by atoms with Gasteiger partial charge < -0.3 is 29.7 Å². The molecule has 3 aromatic heterocycles. The summed E-state index contributed by atoms with van der Waals surface area (Å²) in [6.07, 6.45) is 7.50. The van der Waals surface area contributed by atoms with E-state index >= 15 is 0 Å². The number of aromatic nitrogens is 4. The second-order valence-electron chi connectivity index (χ2n) is 13.6. The number of carbonyl (C=O) groups excluding carboxylic acids is 2. The SMILES string of the molecule is O=COc1ccc(-c2c3nc(c(-c4ccc(OC=O)cc4)c4ccc([n-]4)c(-c4ccc(C(=O)O)cc4)c4nc(c(-c5ccc(C(=O)O)cc5)c5ccc2[n-]5)C=C4)C=C3)cc1.[Zn]. The number of hydrogen-bond donors (Lipinski definition) is 2. The number of hydrogen-bond acceptors (Lipinski definition) is 8. The van der Waals surface area contributed by atoms with Crippen LogP contribution in [0.5, 0.6) is 11.5 Å². The molecular weight excluding hydrogens is 826 g/mol. The molecule has 61 heavy (non-hydrogen) atoms. The van der Waals surface area contributed by atoms with Gasteiger partial charge in [-0.1, -0.05) is 72.8 Å². The molecule has 9 rings (SSSR count). The molecule has 7 aromatic rings. The van der Waals surface area contributed by atoms with Gasteiger partial charge >= 0.3 is 11.9 Å². The average molecular weight is 854 g/mol. The third kappa shape index (κ3) is 7.69. The zero-order valence-electron chi connectivity index (χ0n) is 31.9. The van der Waals surface area contributed by atoms with Crippen LogP contribution in [0, 0.1) is 0 Å². The molecule has 0 amide bonds. The van der Waals surface area contributed by atoms with Gasteiger partial charge in [0.15, 0.2) is 0 Å². The van der Waals surface area contributed by atoms with Crippen molar-refractivity contribution in [2.45, 2.75) is 0 Å². The van der Waals surface area contributed by atoms with Crippen molar-refractivity contribution in [3.05, 3.63) is 155 Å². The number of carboxylic acid groups (broad SMARTS) is 2. The Hall–Kier alpha value is -8.02. The average Bonchev–Trinajstić information content (AvgIpc) is 4.11. The number of aromatic carboxylic acids is 2. The maximum Gasteiger partial charge on any atom is 0.335 e. The number of rotatable bonds is 10. The minimum atomic E-state index is -1.06. The number of benzene rings is 4. The number of fused-ring (bicyclic) bond motifs is 8. The molecule has 8 bridgehead atoms. The molecule has 0 spiro atoms. The van der Waals surface area contributed by atoms with Crippen molar-refractivity contribution in [3.63, 3.8) is 0 Å². The van der Waals surface area contributed by atoms with Crippen molar-refractivity contribution in [1.29, 1.82) is 0 Å². The first-order chi connectivity index (χ1) is 29.3. The molecule has 0 unspecified atom stereocenters. The van der Waals surface area contributed by atoms with Gasteiger partial charge in [0, 0.05) is 19.5 Å². The van der Waals surface area contributed by atoms with Gasteiger partial charge in [-0.3, -0.25) is 9.59 Å². The van der Waals surface area contributed by atoms with Crippen LogP contribution < -0.4 is 19.4 Å². The predicted octanol–water partition coefficient (Wildman–Crippen LogP) is 9.05. The normalized spacial score (nSPS) is 11.4. The van der Waals surface area contributed by atoms with Crippen molar-refractivity contribution in [3.8, 4) is 56.0 Å². The van der Waals surface area contributed by atoms with E-state index in [1.165, 1.54) is 24.3 Å². The minimum absolute atomic E-state index is 0. The molecule has 4 aromatic carbocycles. The monoisotopic (exact) mass is 852 g/mol. The molecule has 292 valence electrons. The third-order valence-electron chi connectivity index (χ3n) is 10.1. The van der Waals surface area contributed by atoms with Gasteiger partial charge in [-0.05, 0) is 117 Å². The summed E-state index contributed by atoms with van der Waals surface area (Å²) >= 11 is 0. The Morgan fingerprint density at radius 3 is 0.934 bits per heavy atom. The van der Waals surface area contributed by atoms with Gasteiger partial charge in [-0.2, -0.15) is 0 Å². The Morgan fingerprint density at radius 1 is 0.426 bits per heavy atom. The summed E-state index contributed by atoms with van der Waals surface area (Å²) in [5.41, 5.74) is 10.2. The van der Waals surface area contributed by atoms with E-state index in [0.717, 1.165) is 11.1 Å². The molecular formula is C48H28N4O8Zn-2. The minimum Gasteiger partial charge on any atom is -0.657 e. The standard InChI is InChI=1S/C48H30N4O8.Zn/c53-25-59-33-13-9-29(10-14-33)45-39-21-19-37(50-39)43(27-1-5-31(6-2-27)47(55)56)35-17-18-36(49-35)44(28-3-7-32(8-4-28)48(57)58)38-20-22-40(51-38)46(42-24-23-41(45)52-42)30-11-15-34(16-12-30)60-26-54;/h1-26H,(H4,49,50,51,52,55,56,57,58);/p-2. The summed E-state index contributed by atoms with van der Waals surface area (Å²) in [5.74, 6) is -1.40. The van der Waals surface area contributed by atoms with Crippen LogP contribution >= 0.6 is 0 Å². The van der Waals surface area contributed by atoms with Crippen molar-refractivity contribution >= 4 is 71.3 Å². The van der Waals surface area contributed by atoms with E-state index in [-0.39, 0.29) is 30.6 Å². The van der Waals surface area contributed by atoms with Crippen LogP contribution in [0.2, 0.25) is 0 Å². The van der Waals surface area contributed by atoms with E-state index in [1.54, 1.807) is 48.5 Å². The molecule has 0 atom stereocenters. The quantitative estimate of drug-likeness (QED) is 0.0986. The van der Waals surface area contributed by atoms with E-state index in [2.05, 4.69) is 0 Å². The molecule has 12 nitrogen and oxygen atoms in total. The number of ether oxygens (including phenoxy) is 2. The fourth-order valence-corrected chi connectivity index (χ4v) is 7.34. The van der Waals surface area contributed by atoms with E-state index in [1.807, 2.05) is 72.8 Å². The second kappa shape index (κ2) is 16.7. The fraction of sp³-hybridized carbons (Fsp3) is 0. The van der Waals surface area contributed by atoms with Crippen LogP contribution in [0.25, 0.3) is 90.9 Å². The zero-order chi connectivity index (χ0) is 41.3. The Labute approximate surface area is 359 Å². The molecule has 0 saturated heterocycles. The van der Waals surface area contributed by atoms with E-state index in [9.17, 15) is 29.4 Å². The second-order valence-corrected chi connectivity index (χ2v) is 13.6. The van der Waals surface area contributed by atoms with Crippen molar-refractivity contribution in [1.82, 2.24) is 19.9 Å². The van der Waals surface area contributed by atoms with Gasteiger partial charge in [0.05, 0.1) is 33.9 Å². The molecule has 2 aliphatic rings. The summed E-state index contributed by atoms with van der Waals surface area (Å²) in [7, 11) is 0. The number of carbonyl (C=O) groups is 4. The molecule has 0 aliphatic carbocycles. The van der Waals surface area contributed by atoms with Gasteiger partial charge in [-0.25, -0.2) is 19.6 Å². The summed E-state index contributed by atoms with van der Waals surface area (Å²) in [6.45, 7) is 0.726. The van der Waals surface area contributed by atoms with Gasteiger partial charge in [-0.15, -0.1) is 22.1 Å². The van der Waals surface area contributed by atoms with E-state index in [0.29, 0.717) is 103 Å². The van der Waals surface area contributed by atoms with E-state index in [4.69, 9.17) is 29.4 Å². The van der Waals surface area contributed by atoms with Crippen LogP contribution in [0.3, 0.4) is 0 Å². The zero-order valence-corrected chi connectivity index (χ0v) is 34.8. The molecule has 0 fully saturated rings. The fourth-order valence-electron chi connectivity index (χ4n) is 7.34. The van der Waals surface area contributed by atoms with Crippen molar-refractivity contribution < 1.29 is 58.3 Å². The van der Waals surface area contributed by atoms with Gasteiger partial charge in [0.2, 0.25) is 0 Å². The van der Waals surface area contributed by atoms with Crippen LogP contribution in [0.1, 0.15) is 43.5 Å². The smallest absolute Gasteiger partial charge is 0.335 e. The topological polar surface area (TPSA) is 181 Å². The van der Waals surface area contributed by atoms with Crippen molar-refractivity contribution in [2.24, 2.45) is 0 Å². The first kappa shape index (κ1) is 39.8. The molecule has 5 heterocycles. The van der Waals surface area contributed by atoms with E-state index < -0.39 is 11.9 Å². The number of nitrogens with zero attached hydrogens (tertiary/aromatic N) is 4. The Balaban J connectivity index is 0.00000514. The number of carboxylic acids is 2. The summed E-state index contributed by atoms with van der Waals surface area (Å²) in [5, 5.41) is 19.4. The maximum atomic E-state index is 11.8. The molecule has 0 saturated carbocycles. The summed E-state index contributed by atoms with van der Waals surface area (Å²) in [4.78, 5) is 66.6. The van der Waals surface area contributed by atoms with Crippen LogP contribution in [0.4, 0.5) is 0 Å². The van der Waals surface area contributed by atoms with Gasteiger partial charge in [0.25, 0.3) is 12.9 Å². The first-order valence-corrected chi connectivity index (χ1v) is 18.4.